The van der Waals surface area contributed by atoms with E-state index in [2.05, 4.69) is 5.73 Å². The van der Waals surface area contributed by atoms with Gasteiger partial charge in [0.15, 0.2) is 0 Å². The molecule has 0 saturated carbocycles. The normalized spacial score (nSPS) is 11.1. The number of alkyl carbamates (subject to hydrolysis) is 1. The van der Waals surface area contributed by atoms with Crippen molar-refractivity contribution < 1.29 is 32.5 Å². The summed E-state index contributed by atoms with van der Waals surface area (Å²) >= 11 is 5.99. The molecule has 6 N–H and O–H groups in total. The molecule has 0 radical (unpaired) electrons. The van der Waals surface area contributed by atoms with E-state index in [9.17, 15) is 9.59 Å². The highest BCUT2D eigenvalue weighted by molar-refractivity contribution is 6.31. The largest absolute Gasteiger partial charge is 1.00 e. The first kappa shape index (κ1) is 17.5. The van der Waals surface area contributed by atoms with Crippen molar-refractivity contribution in [2.45, 2.75) is 12.5 Å². The zero-order chi connectivity index (χ0) is 13.5. The Balaban J connectivity index is 0.00000324. The number of ether oxygens (including phenoxy) is 1. The summed E-state index contributed by atoms with van der Waals surface area (Å²) in [6.45, 7) is 0.0737. The Bertz CT molecular complexity index is 443. The quantitative estimate of drug-likeness (QED) is 0.563. The molecule has 0 aliphatic carbocycles. The van der Waals surface area contributed by atoms with Crippen LogP contribution in [0.4, 0.5) is 9.59 Å². The van der Waals surface area contributed by atoms with E-state index in [0.29, 0.717) is 11.4 Å². The summed E-state index contributed by atoms with van der Waals surface area (Å²) in [7, 11) is 0. The van der Waals surface area contributed by atoms with Crippen LogP contribution in [0.2, 0.25) is 5.02 Å². The average molecular weight is 308 g/mol. The molecule has 1 atom stereocenters. The van der Waals surface area contributed by atoms with Crippen molar-refractivity contribution in [3.8, 4) is 0 Å². The summed E-state index contributed by atoms with van der Waals surface area (Å²) in [5.74, 6) is 0. The number of nitrogens with two attached hydrogens (primary N) is 1. The molecule has 0 aromatic heterocycles. The summed E-state index contributed by atoms with van der Waals surface area (Å²) < 4.78 is 4.77. The number of rotatable bonds is 4. The second kappa shape index (κ2) is 8.58. The van der Waals surface area contributed by atoms with Gasteiger partial charge in [-0.1, -0.05) is 29.8 Å². The SMILES string of the molecule is NC(=O)NC(=O)OC[C@H]([NH3+])Cc1ccccc1Cl.[Cl-]. The smallest absolute Gasteiger partial charge is 0.415 e. The number of hydrogen-bond acceptors (Lipinski definition) is 3. The van der Waals surface area contributed by atoms with E-state index in [0.717, 1.165) is 5.56 Å². The Hall–Kier alpha value is -1.50. The van der Waals surface area contributed by atoms with Gasteiger partial charge in [-0.3, -0.25) is 0 Å². The number of carbonyl (C=O) groups is 2. The van der Waals surface area contributed by atoms with Crippen molar-refractivity contribution >= 4 is 23.7 Å². The van der Waals surface area contributed by atoms with Gasteiger partial charge in [-0.25, -0.2) is 14.9 Å². The van der Waals surface area contributed by atoms with Crippen LogP contribution in [0.5, 0.6) is 0 Å². The molecule has 1 rings (SSSR count). The minimum atomic E-state index is -0.952. The van der Waals surface area contributed by atoms with Crippen LogP contribution >= 0.6 is 11.6 Å². The van der Waals surface area contributed by atoms with Crippen LogP contribution in [0.25, 0.3) is 0 Å². The lowest BCUT2D eigenvalue weighted by Gasteiger charge is -2.10. The van der Waals surface area contributed by atoms with Gasteiger partial charge in [0.2, 0.25) is 0 Å². The van der Waals surface area contributed by atoms with Crippen molar-refractivity contribution in [3.05, 3.63) is 34.9 Å². The van der Waals surface area contributed by atoms with E-state index < -0.39 is 12.1 Å². The molecule has 0 saturated heterocycles. The topological polar surface area (TPSA) is 109 Å². The lowest BCUT2D eigenvalue weighted by molar-refractivity contribution is -0.424. The van der Waals surface area contributed by atoms with E-state index in [-0.39, 0.29) is 25.1 Å². The maximum absolute atomic E-state index is 11.0. The fourth-order valence-electron chi connectivity index (χ4n) is 1.36. The zero-order valence-corrected chi connectivity index (χ0v) is 11.6. The van der Waals surface area contributed by atoms with Crippen molar-refractivity contribution in [1.29, 1.82) is 0 Å². The van der Waals surface area contributed by atoms with E-state index in [4.69, 9.17) is 22.1 Å². The molecule has 0 aliphatic heterocycles. The molecule has 3 amide bonds. The molecular formula is C11H15Cl2N3O3. The van der Waals surface area contributed by atoms with Crippen molar-refractivity contribution in [3.63, 3.8) is 0 Å². The number of imide groups is 1. The zero-order valence-electron chi connectivity index (χ0n) is 10.1. The average Bonchev–Trinajstić information content (AvgIpc) is 2.29. The third-order valence-electron chi connectivity index (χ3n) is 2.14. The Morgan fingerprint density at radius 1 is 1.42 bits per heavy atom. The predicted octanol–water partition coefficient (Wildman–Crippen LogP) is -2.70. The molecule has 106 valence electrons. The van der Waals surface area contributed by atoms with Crippen LogP contribution in [0, 0.1) is 0 Å². The number of benzene rings is 1. The maximum Gasteiger partial charge on any atom is 0.415 e. The molecule has 19 heavy (non-hydrogen) atoms. The van der Waals surface area contributed by atoms with Crippen LogP contribution in [0.3, 0.4) is 0 Å². The van der Waals surface area contributed by atoms with E-state index in [1.807, 2.05) is 18.2 Å². The Labute approximate surface area is 121 Å². The highest BCUT2D eigenvalue weighted by atomic mass is 35.5. The number of primary amides is 1. The fourth-order valence-corrected chi connectivity index (χ4v) is 1.58. The van der Waals surface area contributed by atoms with Crippen molar-refractivity contribution in [2.24, 2.45) is 5.73 Å². The summed E-state index contributed by atoms with van der Waals surface area (Å²) in [4.78, 5) is 21.4. The standard InChI is InChI=1S/C11H14ClN3O3.ClH/c12-9-4-2-1-3-7(9)5-8(13)6-18-11(17)15-10(14)16;/h1-4,8H,5-6,13H2,(H3,14,15,16,17);1H/t8-;/m1./s1. The molecule has 1 aromatic rings. The predicted molar refractivity (Wildman–Crippen MR) is 65.9 cm³/mol. The number of amides is 3. The lowest BCUT2D eigenvalue weighted by Crippen LogP contribution is -3.00. The highest BCUT2D eigenvalue weighted by Gasteiger charge is 2.13. The summed E-state index contributed by atoms with van der Waals surface area (Å²) in [5.41, 5.74) is 9.53. The third-order valence-corrected chi connectivity index (χ3v) is 2.51. The lowest BCUT2D eigenvalue weighted by atomic mass is 10.1. The molecule has 0 fully saturated rings. The second-order valence-electron chi connectivity index (χ2n) is 3.75. The van der Waals surface area contributed by atoms with Gasteiger partial charge in [-0.2, -0.15) is 0 Å². The van der Waals surface area contributed by atoms with Gasteiger partial charge < -0.3 is 28.6 Å². The van der Waals surface area contributed by atoms with Gasteiger partial charge in [0.25, 0.3) is 0 Å². The van der Waals surface area contributed by atoms with Crippen LogP contribution in [-0.4, -0.2) is 24.8 Å². The number of halogens is 2. The van der Waals surface area contributed by atoms with Crippen LogP contribution in [0.15, 0.2) is 24.3 Å². The number of carbonyl (C=O) groups excluding carboxylic acids is 2. The van der Waals surface area contributed by atoms with Gasteiger partial charge in [0.1, 0.15) is 12.6 Å². The van der Waals surface area contributed by atoms with Crippen LogP contribution < -0.4 is 29.2 Å². The molecule has 6 nitrogen and oxygen atoms in total. The highest BCUT2D eigenvalue weighted by Crippen LogP contribution is 2.15. The Kier molecular flexibility index (Phi) is 7.90. The van der Waals surface area contributed by atoms with Crippen LogP contribution in [0.1, 0.15) is 5.56 Å². The summed E-state index contributed by atoms with van der Waals surface area (Å²) in [6.07, 6.45) is -0.306. The van der Waals surface area contributed by atoms with E-state index in [1.165, 1.54) is 0 Å². The molecular weight excluding hydrogens is 293 g/mol. The van der Waals surface area contributed by atoms with Gasteiger partial charge >= 0.3 is 12.1 Å². The first-order valence-corrected chi connectivity index (χ1v) is 5.66. The first-order chi connectivity index (χ1) is 8.49. The minimum absolute atomic E-state index is 0. The number of quaternary nitrogens is 1. The second-order valence-corrected chi connectivity index (χ2v) is 4.16. The van der Waals surface area contributed by atoms with E-state index in [1.54, 1.807) is 11.4 Å². The first-order valence-electron chi connectivity index (χ1n) is 5.28. The van der Waals surface area contributed by atoms with Gasteiger partial charge in [-0.05, 0) is 11.6 Å². The molecule has 0 bridgehead atoms. The van der Waals surface area contributed by atoms with Crippen molar-refractivity contribution in [1.82, 2.24) is 5.32 Å². The van der Waals surface area contributed by atoms with Crippen LogP contribution in [-0.2, 0) is 11.2 Å². The Morgan fingerprint density at radius 2 is 2.05 bits per heavy atom. The molecule has 0 unspecified atom stereocenters. The summed E-state index contributed by atoms with van der Waals surface area (Å²) in [6, 6.07) is 6.25. The van der Waals surface area contributed by atoms with Gasteiger partial charge in [0.05, 0.1) is 0 Å². The molecule has 1 aromatic carbocycles. The maximum atomic E-state index is 11.0. The number of urea groups is 1. The van der Waals surface area contributed by atoms with Crippen molar-refractivity contribution in [2.75, 3.05) is 6.61 Å². The Morgan fingerprint density at radius 3 is 2.63 bits per heavy atom. The number of hydrogen-bond donors (Lipinski definition) is 3. The molecule has 0 aliphatic rings. The molecule has 0 spiro atoms. The molecule has 8 heteroatoms. The third kappa shape index (κ3) is 6.85. The van der Waals surface area contributed by atoms with Gasteiger partial charge in [-0.15, -0.1) is 0 Å². The summed E-state index contributed by atoms with van der Waals surface area (Å²) in [5, 5.41) is 2.44. The van der Waals surface area contributed by atoms with E-state index >= 15 is 0 Å². The fraction of sp³-hybridized carbons (Fsp3) is 0.273. The molecule has 0 heterocycles. The van der Waals surface area contributed by atoms with Gasteiger partial charge in [0, 0.05) is 11.4 Å². The minimum Gasteiger partial charge on any atom is -1.00 e. The monoisotopic (exact) mass is 307 g/mol. The number of nitrogens with one attached hydrogen (secondary N) is 1.